The third kappa shape index (κ3) is 4.17. The molecule has 1 aliphatic rings. The van der Waals surface area contributed by atoms with Crippen LogP contribution in [0, 0.1) is 5.92 Å². The molecule has 1 rings (SSSR count). The van der Waals surface area contributed by atoms with E-state index in [1.54, 1.807) is 11.4 Å². The molecule has 1 atom stereocenters. The van der Waals surface area contributed by atoms with Gasteiger partial charge in [0, 0.05) is 33.3 Å². The molecule has 0 bridgehead atoms. The first-order valence-corrected chi connectivity index (χ1v) is 7.91. The highest BCUT2D eigenvalue weighted by molar-refractivity contribution is 7.86. The van der Waals surface area contributed by atoms with Crippen LogP contribution in [0.3, 0.4) is 0 Å². The van der Waals surface area contributed by atoms with Gasteiger partial charge in [-0.1, -0.05) is 0 Å². The van der Waals surface area contributed by atoms with Crippen LogP contribution >= 0.6 is 0 Å². The van der Waals surface area contributed by atoms with E-state index in [2.05, 4.69) is 0 Å². The summed E-state index contributed by atoms with van der Waals surface area (Å²) in [5, 5.41) is 0. The van der Waals surface area contributed by atoms with Crippen molar-refractivity contribution in [1.82, 2.24) is 8.61 Å². The molecule has 0 aromatic carbocycles. The van der Waals surface area contributed by atoms with E-state index >= 15 is 0 Å². The normalized spacial score (nSPS) is 22.6. The molecule has 0 spiro atoms. The van der Waals surface area contributed by atoms with Gasteiger partial charge < -0.3 is 10.5 Å². The summed E-state index contributed by atoms with van der Waals surface area (Å²) in [6, 6.07) is 0. The second kappa shape index (κ2) is 7.40. The summed E-state index contributed by atoms with van der Waals surface area (Å²) < 4.78 is 32.7. The highest BCUT2D eigenvalue weighted by atomic mass is 32.2. The maximum absolute atomic E-state index is 12.3. The van der Waals surface area contributed by atoms with E-state index < -0.39 is 10.2 Å². The fourth-order valence-electron chi connectivity index (χ4n) is 2.08. The molecule has 1 fully saturated rings. The molecule has 1 saturated heterocycles. The highest BCUT2D eigenvalue weighted by Gasteiger charge is 2.31. The number of hydrogen-bond acceptors (Lipinski definition) is 4. The quantitative estimate of drug-likeness (QED) is 0.659. The first kappa shape index (κ1) is 15.8. The molecule has 6 nitrogen and oxygen atoms in total. The van der Waals surface area contributed by atoms with E-state index in [-0.39, 0.29) is 5.92 Å². The van der Waals surface area contributed by atoms with Gasteiger partial charge in [0.15, 0.2) is 0 Å². The molecule has 2 N–H and O–H groups in total. The molecule has 0 saturated carbocycles. The Balaban J connectivity index is 2.55. The predicted octanol–water partition coefficient (Wildman–Crippen LogP) is -0.130. The van der Waals surface area contributed by atoms with E-state index in [1.807, 2.05) is 6.92 Å². The summed E-state index contributed by atoms with van der Waals surface area (Å²) in [6.07, 6.45) is 1.91. The van der Waals surface area contributed by atoms with Crippen LogP contribution in [0.15, 0.2) is 0 Å². The molecule has 18 heavy (non-hydrogen) atoms. The van der Waals surface area contributed by atoms with Gasteiger partial charge in [0.2, 0.25) is 0 Å². The number of nitrogens with two attached hydrogens (primary N) is 1. The Morgan fingerprint density at radius 1 is 1.50 bits per heavy atom. The number of likely N-dealkylation sites (N-methyl/N-ethyl adjacent to an activating group) is 1. The van der Waals surface area contributed by atoms with Gasteiger partial charge >= 0.3 is 0 Å². The summed E-state index contributed by atoms with van der Waals surface area (Å²) in [4.78, 5) is 0. The lowest BCUT2D eigenvalue weighted by Crippen LogP contribution is -2.48. The molecule has 0 radical (unpaired) electrons. The van der Waals surface area contributed by atoms with Gasteiger partial charge in [-0.2, -0.15) is 17.0 Å². The molecule has 1 unspecified atom stereocenters. The van der Waals surface area contributed by atoms with Gasteiger partial charge in [0.05, 0.1) is 6.61 Å². The monoisotopic (exact) mass is 279 g/mol. The van der Waals surface area contributed by atoms with Crippen molar-refractivity contribution in [1.29, 1.82) is 0 Å². The average molecular weight is 279 g/mol. The van der Waals surface area contributed by atoms with Crippen LogP contribution in [0.25, 0.3) is 0 Å². The summed E-state index contributed by atoms with van der Waals surface area (Å²) in [5.41, 5.74) is 5.63. The first-order valence-electron chi connectivity index (χ1n) is 6.51. The van der Waals surface area contributed by atoms with E-state index in [1.165, 1.54) is 4.31 Å². The van der Waals surface area contributed by atoms with E-state index in [9.17, 15) is 8.42 Å². The third-order valence-corrected chi connectivity index (χ3v) is 5.24. The minimum absolute atomic E-state index is 0.286. The zero-order valence-electron chi connectivity index (χ0n) is 11.3. The Kier molecular flexibility index (Phi) is 6.51. The number of nitrogens with zero attached hydrogens (tertiary/aromatic N) is 2. The Hall–Kier alpha value is -0.210. The lowest BCUT2D eigenvalue weighted by Gasteiger charge is -2.33. The summed E-state index contributed by atoms with van der Waals surface area (Å²) >= 11 is 0. The van der Waals surface area contributed by atoms with Crippen molar-refractivity contribution in [3.8, 4) is 0 Å². The number of piperidine rings is 1. The predicted molar refractivity (Wildman–Crippen MR) is 71.4 cm³/mol. The van der Waals surface area contributed by atoms with E-state index in [0.29, 0.717) is 39.4 Å². The average Bonchev–Trinajstić information content (AvgIpc) is 2.39. The molecule has 108 valence electrons. The van der Waals surface area contributed by atoms with Crippen LogP contribution in [-0.2, 0) is 14.9 Å². The lowest BCUT2D eigenvalue weighted by atomic mass is 10.0. The second-order valence-corrected chi connectivity index (χ2v) is 6.66. The number of ether oxygens (including phenoxy) is 1. The van der Waals surface area contributed by atoms with E-state index in [0.717, 1.165) is 12.8 Å². The van der Waals surface area contributed by atoms with Crippen LogP contribution in [0.1, 0.15) is 19.8 Å². The van der Waals surface area contributed by atoms with Crippen molar-refractivity contribution in [2.75, 3.05) is 46.4 Å². The summed E-state index contributed by atoms with van der Waals surface area (Å²) in [5.74, 6) is 0.286. The standard InChI is InChI=1S/C11H25N3O3S/c1-3-17-8-7-13(2)18(15,16)14-6-4-5-11(9-12)10-14/h11H,3-10,12H2,1-2H3. The highest BCUT2D eigenvalue weighted by Crippen LogP contribution is 2.19. The molecule has 7 heteroatoms. The zero-order chi connectivity index (χ0) is 13.6. The van der Waals surface area contributed by atoms with Crippen LogP contribution < -0.4 is 5.73 Å². The third-order valence-electron chi connectivity index (χ3n) is 3.29. The molecule has 1 aliphatic heterocycles. The van der Waals surface area contributed by atoms with Crippen molar-refractivity contribution in [2.45, 2.75) is 19.8 Å². The fourth-order valence-corrected chi connectivity index (χ4v) is 3.54. The van der Waals surface area contributed by atoms with Gasteiger partial charge in [-0.25, -0.2) is 0 Å². The molecule has 0 aromatic heterocycles. The first-order chi connectivity index (χ1) is 8.52. The maximum Gasteiger partial charge on any atom is 0.281 e. The Morgan fingerprint density at radius 3 is 2.83 bits per heavy atom. The largest absolute Gasteiger partial charge is 0.380 e. The fraction of sp³-hybridized carbons (Fsp3) is 1.00. The van der Waals surface area contributed by atoms with Gasteiger partial charge in [-0.3, -0.25) is 0 Å². The van der Waals surface area contributed by atoms with Crippen LogP contribution in [0.4, 0.5) is 0 Å². The van der Waals surface area contributed by atoms with Crippen LogP contribution in [-0.4, -0.2) is 63.5 Å². The SMILES string of the molecule is CCOCCN(C)S(=O)(=O)N1CCCC(CN)C1. The van der Waals surface area contributed by atoms with Crippen LogP contribution in [0.5, 0.6) is 0 Å². The second-order valence-electron chi connectivity index (χ2n) is 4.63. The molecular weight excluding hydrogens is 254 g/mol. The van der Waals surface area contributed by atoms with Crippen molar-refractivity contribution in [3.63, 3.8) is 0 Å². The Labute approximate surface area is 110 Å². The summed E-state index contributed by atoms with van der Waals surface area (Å²) in [7, 11) is -1.76. The van der Waals surface area contributed by atoms with Gasteiger partial charge in [-0.15, -0.1) is 0 Å². The number of rotatable bonds is 7. The number of hydrogen-bond donors (Lipinski definition) is 1. The van der Waals surface area contributed by atoms with Crippen molar-refractivity contribution >= 4 is 10.2 Å². The topological polar surface area (TPSA) is 75.9 Å². The van der Waals surface area contributed by atoms with E-state index in [4.69, 9.17) is 10.5 Å². The molecule has 0 aromatic rings. The Morgan fingerprint density at radius 2 is 2.22 bits per heavy atom. The minimum atomic E-state index is -3.35. The van der Waals surface area contributed by atoms with Crippen molar-refractivity contribution in [2.24, 2.45) is 11.7 Å². The molecule has 1 heterocycles. The summed E-state index contributed by atoms with van der Waals surface area (Å²) in [6.45, 7) is 5.00. The van der Waals surface area contributed by atoms with Crippen molar-refractivity contribution < 1.29 is 13.2 Å². The van der Waals surface area contributed by atoms with Crippen molar-refractivity contribution in [3.05, 3.63) is 0 Å². The molecule has 0 aliphatic carbocycles. The van der Waals surface area contributed by atoms with Crippen LogP contribution in [0.2, 0.25) is 0 Å². The lowest BCUT2D eigenvalue weighted by molar-refractivity contribution is 0.136. The minimum Gasteiger partial charge on any atom is -0.380 e. The maximum atomic E-state index is 12.3. The zero-order valence-corrected chi connectivity index (χ0v) is 12.2. The molecule has 0 amide bonds. The van der Waals surface area contributed by atoms with Gasteiger partial charge in [0.25, 0.3) is 10.2 Å². The van der Waals surface area contributed by atoms with Gasteiger partial charge in [-0.05, 0) is 32.2 Å². The smallest absolute Gasteiger partial charge is 0.281 e. The Bertz CT molecular complexity index is 334. The van der Waals surface area contributed by atoms with Gasteiger partial charge in [0.1, 0.15) is 0 Å². The molecular formula is C11H25N3O3S.